The van der Waals surface area contributed by atoms with Gasteiger partial charge in [-0.15, -0.1) is 0 Å². The molecule has 164 valence electrons. The molecule has 0 aromatic rings. The smallest absolute Gasteiger partial charge is 0.327 e. The summed E-state index contributed by atoms with van der Waals surface area (Å²) in [5.41, 5.74) is -0.235. The van der Waals surface area contributed by atoms with Gasteiger partial charge in [0, 0.05) is 12.6 Å². The van der Waals surface area contributed by atoms with Crippen LogP contribution >= 0.6 is 0 Å². The summed E-state index contributed by atoms with van der Waals surface area (Å²) in [6.07, 6.45) is 5.36. The molecule has 1 saturated heterocycles. The first-order chi connectivity index (χ1) is 14.1. The summed E-state index contributed by atoms with van der Waals surface area (Å²) in [5.74, 6) is -0.184. The van der Waals surface area contributed by atoms with Crippen molar-refractivity contribution >= 4 is 29.8 Å². The number of rotatable bonds is 5. The van der Waals surface area contributed by atoms with Gasteiger partial charge < -0.3 is 15.0 Å². The molecule has 5 rings (SSSR count). The van der Waals surface area contributed by atoms with Gasteiger partial charge in [0.1, 0.15) is 13.1 Å². The Morgan fingerprint density at radius 3 is 2.17 bits per heavy atom. The van der Waals surface area contributed by atoms with Gasteiger partial charge in [-0.25, -0.2) is 9.59 Å². The SMILES string of the molecule is C[C@H](OC(=O)CN1C(=O)CN(C)C1=O)C(=O)NC(=O)NC12CC3CC(CC(C3)C1)C2. The maximum absolute atomic E-state index is 12.4. The number of urea groups is 2. The van der Waals surface area contributed by atoms with Gasteiger partial charge in [-0.2, -0.15) is 0 Å². The number of hydrogen-bond donors (Lipinski definition) is 2. The monoisotopic (exact) mass is 420 g/mol. The van der Waals surface area contributed by atoms with Gasteiger partial charge >= 0.3 is 18.0 Å². The van der Waals surface area contributed by atoms with Crippen LogP contribution in [0.25, 0.3) is 0 Å². The van der Waals surface area contributed by atoms with Gasteiger partial charge in [-0.3, -0.25) is 24.6 Å². The number of nitrogens with one attached hydrogen (secondary N) is 2. The number of ether oxygens (including phenoxy) is 1. The Balaban J connectivity index is 1.25. The molecule has 4 bridgehead atoms. The normalized spacial score (nSPS) is 32.9. The Morgan fingerprint density at radius 1 is 1.10 bits per heavy atom. The minimum Gasteiger partial charge on any atom is -0.451 e. The molecule has 4 saturated carbocycles. The number of nitrogens with zero attached hydrogens (tertiary/aromatic N) is 2. The van der Waals surface area contributed by atoms with E-state index >= 15 is 0 Å². The van der Waals surface area contributed by atoms with Crippen LogP contribution < -0.4 is 10.6 Å². The lowest BCUT2D eigenvalue weighted by Crippen LogP contribution is -2.62. The molecular formula is C20H28N4O6. The van der Waals surface area contributed by atoms with Crippen LogP contribution in [-0.2, 0) is 19.1 Å². The molecule has 1 heterocycles. The fraction of sp³-hybridized carbons (Fsp3) is 0.750. The van der Waals surface area contributed by atoms with Crippen molar-refractivity contribution in [3.05, 3.63) is 0 Å². The molecule has 0 aromatic carbocycles. The van der Waals surface area contributed by atoms with Crippen molar-refractivity contribution in [1.29, 1.82) is 0 Å². The Kier molecular flexibility index (Phi) is 5.19. The molecule has 10 heteroatoms. The van der Waals surface area contributed by atoms with Crippen LogP contribution in [0.3, 0.4) is 0 Å². The van der Waals surface area contributed by atoms with Gasteiger partial charge in [0.2, 0.25) is 0 Å². The summed E-state index contributed by atoms with van der Waals surface area (Å²) in [6.45, 7) is 0.663. The number of imide groups is 2. The number of carbonyl (C=O) groups is 5. The summed E-state index contributed by atoms with van der Waals surface area (Å²) in [6, 6.07) is -1.17. The van der Waals surface area contributed by atoms with Crippen LogP contribution in [0, 0.1) is 17.8 Å². The second-order valence-electron chi connectivity index (χ2n) is 9.39. The first kappa shape index (κ1) is 20.6. The van der Waals surface area contributed by atoms with Gasteiger partial charge in [-0.05, 0) is 63.2 Å². The second kappa shape index (κ2) is 7.55. The van der Waals surface area contributed by atoms with Crippen molar-refractivity contribution < 1.29 is 28.7 Å². The molecule has 0 radical (unpaired) electrons. The van der Waals surface area contributed by atoms with E-state index in [-0.39, 0.29) is 12.1 Å². The minimum atomic E-state index is -1.23. The van der Waals surface area contributed by atoms with Crippen LogP contribution in [0.15, 0.2) is 0 Å². The maximum Gasteiger partial charge on any atom is 0.327 e. The Labute approximate surface area is 174 Å². The molecule has 4 aliphatic carbocycles. The standard InChI is InChI=1S/C20H28N4O6/c1-11(30-16(26)10-24-15(25)9-23(2)19(24)29)17(27)21-18(28)22-20-6-12-3-13(7-20)5-14(4-12)8-20/h11-14H,3-10H2,1-2H3,(H2,21,22,27,28)/t11-,12?,13?,14?,20?/m0/s1. The molecule has 5 aliphatic rings. The molecular weight excluding hydrogens is 392 g/mol. The van der Waals surface area contributed by atoms with Gasteiger partial charge in [0.15, 0.2) is 6.10 Å². The molecule has 2 N–H and O–H groups in total. The van der Waals surface area contributed by atoms with Crippen molar-refractivity contribution in [2.45, 2.75) is 57.1 Å². The third-order valence-corrected chi connectivity index (χ3v) is 6.85. The zero-order chi connectivity index (χ0) is 21.6. The van der Waals surface area contributed by atoms with Crippen LogP contribution in [0.4, 0.5) is 9.59 Å². The number of amides is 6. The summed E-state index contributed by atoms with van der Waals surface area (Å²) in [7, 11) is 1.45. The van der Waals surface area contributed by atoms with E-state index in [0.29, 0.717) is 17.8 Å². The molecule has 5 fully saturated rings. The molecule has 0 spiro atoms. The Hall–Kier alpha value is -2.65. The van der Waals surface area contributed by atoms with Crippen LogP contribution in [-0.4, -0.2) is 71.4 Å². The first-order valence-corrected chi connectivity index (χ1v) is 10.5. The van der Waals surface area contributed by atoms with Crippen molar-refractivity contribution in [3.63, 3.8) is 0 Å². The lowest BCUT2D eigenvalue weighted by Gasteiger charge is -2.56. The van der Waals surface area contributed by atoms with E-state index in [4.69, 9.17) is 4.74 Å². The summed E-state index contributed by atoms with van der Waals surface area (Å²) < 4.78 is 5.01. The average molecular weight is 420 g/mol. The number of likely N-dealkylation sites (N-methyl/N-ethyl adjacent to an activating group) is 1. The third-order valence-electron chi connectivity index (χ3n) is 6.85. The van der Waals surface area contributed by atoms with E-state index in [9.17, 15) is 24.0 Å². The van der Waals surface area contributed by atoms with E-state index in [0.717, 1.165) is 24.2 Å². The molecule has 1 aliphatic heterocycles. The third kappa shape index (κ3) is 3.99. The summed E-state index contributed by atoms with van der Waals surface area (Å²) in [4.78, 5) is 62.2. The Morgan fingerprint density at radius 2 is 1.67 bits per heavy atom. The summed E-state index contributed by atoms with van der Waals surface area (Å²) in [5, 5.41) is 5.28. The number of hydrogen-bond acceptors (Lipinski definition) is 6. The van der Waals surface area contributed by atoms with E-state index in [1.165, 1.54) is 38.1 Å². The van der Waals surface area contributed by atoms with Gasteiger partial charge in [-0.1, -0.05) is 0 Å². The molecule has 10 nitrogen and oxygen atoms in total. The largest absolute Gasteiger partial charge is 0.451 e. The molecule has 0 unspecified atom stereocenters. The predicted octanol–water partition coefficient (Wildman–Crippen LogP) is 0.607. The molecule has 0 aromatic heterocycles. The van der Waals surface area contributed by atoms with Crippen LogP contribution in [0.2, 0.25) is 0 Å². The van der Waals surface area contributed by atoms with Crippen LogP contribution in [0.5, 0.6) is 0 Å². The van der Waals surface area contributed by atoms with Gasteiger partial charge in [0.25, 0.3) is 11.8 Å². The predicted molar refractivity (Wildman–Crippen MR) is 103 cm³/mol. The Bertz CT molecular complexity index is 761. The van der Waals surface area contributed by atoms with Gasteiger partial charge in [0.05, 0.1) is 0 Å². The average Bonchev–Trinajstić information content (AvgIpc) is 2.86. The summed E-state index contributed by atoms with van der Waals surface area (Å²) >= 11 is 0. The minimum absolute atomic E-state index is 0.105. The van der Waals surface area contributed by atoms with Crippen molar-refractivity contribution in [2.24, 2.45) is 17.8 Å². The highest BCUT2D eigenvalue weighted by Crippen LogP contribution is 2.55. The van der Waals surface area contributed by atoms with E-state index in [1.54, 1.807) is 0 Å². The molecule has 6 amide bonds. The first-order valence-electron chi connectivity index (χ1n) is 10.5. The topological polar surface area (TPSA) is 125 Å². The van der Waals surface area contributed by atoms with E-state index in [1.807, 2.05) is 0 Å². The van der Waals surface area contributed by atoms with Crippen molar-refractivity contribution in [2.75, 3.05) is 20.1 Å². The highest BCUT2D eigenvalue weighted by Gasteiger charge is 2.51. The van der Waals surface area contributed by atoms with Crippen LogP contribution in [0.1, 0.15) is 45.4 Å². The zero-order valence-electron chi connectivity index (χ0n) is 17.3. The highest BCUT2D eigenvalue weighted by atomic mass is 16.5. The second-order valence-corrected chi connectivity index (χ2v) is 9.39. The lowest BCUT2D eigenvalue weighted by atomic mass is 9.53. The van der Waals surface area contributed by atoms with E-state index in [2.05, 4.69) is 10.6 Å². The molecule has 30 heavy (non-hydrogen) atoms. The fourth-order valence-electron chi connectivity index (χ4n) is 5.99. The van der Waals surface area contributed by atoms with E-state index < -0.39 is 42.5 Å². The quantitative estimate of drug-likeness (QED) is 0.496. The number of carbonyl (C=O) groups excluding carboxylic acids is 5. The fourth-order valence-corrected chi connectivity index (χ4v) is 5.99. The maximum atomic E-state index is 12.4. The lowest BCUT2D eigenvalue weighted by molar-refractivity contribution is -0.156. The molecule has 1 atom stereocenters. The number of esters is 1. The van der Waals surface area contributed by atoms with Crippen molar-refractivity contribution in [1.82, 2.24) is 20.4 Å². The highest BCUT2D eigenvalue weighted by molar-refractivity contribution is 6.04. The van der Waals surface area contributed by atoms with Crippen molar-refractivity contribution in [3.8, 4) is 0 Å². The zero-order valence-corrected chi connectivity index (χ0v) is 17.3.